The van der Waals surface area contributed by atoms with Crippen LogP contribution in [0.15, 0.2) is 24.3 Å². The third-order valence-corrected chi connectivity index (χ3v) is 5.82. The van der Waals surface area contributed by atoms with Crippen LogP contribution >= 0.6 is 0 Å². The molecule has 154 valence electrons. The molecule has 0 radical (unpaired) electrons. The van der Waals surface area contributed by atoms with Gasteiger partial charge in [0.15, 0.2) is 17.6 Å². The Morgan fingerprint density at radius 2 is 1.86 bits per heavy atom. The Morgan fingerprint density at radius 3 is 2.54 bits per heavy atom. The fourth-order valence-electron chi connectivity index (χ4n) is 3.40. The summed E-state index contributed by atoms with van der Waals surface area (Å²) in [6, 6.07) is 5.68. The number of sulfonamides is 1. The summed E-state index contributed by atoms with van der Waals surface area (Å²) in [5, 5.41) is 1.99. The highest BCUT2D eigenvalue weighted by Crippen LogP contribution is 2.30. The lowest BCUT2D eigenvalue weighted by Gasteiger charge is -2.32. The summed E-state index contributed by atoms with van der Waals surface area (Å²) in [4.78, 5) is 24.4. The highest BCUT2D eigenvalue weighted by Gasteiger charge is 2.34. The van der Waals surface area contributed by atoms with Gasteiger partial charge in [0, 0.05) is 6.04 Å². The maximum atomic E-state index is 12.4. The number of hydrogen-bond donors (Lipinski definition) is 1. The second-order valence-corrected chi connectivity index (χ2v) is 8.74. The van der Waals surface area contributed by atoms with Crippen molar-refractivity contribution in [3.63, 3.8) is 0 Å². The average molecular weight is 412 g/mol. The van der Waals surface area contributed by atoms with Crippen LogP contribution in [0.2, 0.25) is 0 Å². The number of carbonyl (C=O) groups excluding carboxylic acids is 2. The van der Waals surface area contributed by atoms with Gasteiger partial charge in [0.1, 0.15) is 13.2 Å². The zero-order valence-corrected chi connectivity index (χ0v) is 16.4. The Balaban J connectivity index is 1.52. The summed E-state index contributed by atoms with van der Waals surface area (Å²) in [5.74, 6) is 1.15. The lowest BCUT2D eigenvalue weighted by Crippen LogP contribution is -2.51. The number of fused-ring (bicyclic) bond motifs is 1. The lowest BCUT2D eigenvalue weighted by atomic mass is 9.96. The number of nitrogens with one attached hydrogen (secondary N) is 1. The van der Waals surface area contributed by atoms with Crippen molar-refractivity contribution < 1.29 is 32.2 Å². The maximum absolute atomic E-state index is 12.4. The molecular weight excluding hydrogens is 388 g/mol. The van der Waals surface area contributed by atoms with Crippen LogP contribution in [0.4, 0.5) is 9.59 Å². The van der Waals surface area contributed by atoms with Gasteiger partial charge < -0.3 is 14.2 Å². The summed E-state index contributed by atoms with van der Waals surface area (Å²) in [7, 11) is -3.81. The van der Waals surface area contributed by atoms with Crippen molar-refractivity contribution in [3.8, 4) is 11.5 Å². The molecule has 0 bridgehead atoms. The van der Waals surface area contributed by atoms with E-state index in [1.54, 1.807) is 18.2 Å². The molecule has 3 amide bonds. The number of hydrogen-bond acceptors (Lipinski definition) is 7. The summed E-state index contributed by atoms with van der Waals surface area (Å²) >= 11 is 0. The number of carbonyl (C=O) groups is 2. The molecular formula is C18H24N2O7S. The SMILES string of the molecule is CS(=O)(=O)N(C(=O)NC(=O)OC[C@@H]1COc2ccccc2O1)C1CCCCC1. The van der Waals surface area contributed by atoms with Crippen molar-refractivity contribution >= 4 is 22.1 Å². The van der Waals surface area contributed by atoms with E-state index < -0.39 is 34.3 Å². The van der Waals surface area contributed by atoms with Crippen LogP contribution in [0.3, 0.4) is 0 Å². The smallest absolute Gasteiger partial charge is 0.415 e. The van der Waals surface area contributed by atoms with Gasteiger partial charge in [-0.3, -0.25) is 0 Å². The molecule has 2 aliphatic rings. The van der Waals surface area contributed by atoms with Gasteiger partial charge in [-0.25, -0.2) is 27.6 Å². The van der Waals surface area contributed by atoms with Gasteiger partial charge in [0.25, 0.3) is 0 Å². The van der Waals surface area contributed by atoms with E-state index >= 15 is 0 Å². The van der Waals surface area contributed by atoms with E-state index in [2.05, 4.69) is 0 Å². The lowest BCUT2D eigenvalue weighted by molar-refractivity contribution is 0.0340. The fraction of sp³-hybridized carbons (Fsp3) is 0.556. The van der Waals surface area contributed by atoms with Crippen LogP contribution in [0, 0.1) is 0 Å². The van der Waals surface area contributed by atoms with E-state index in [1.165, 1.54) is 0 Å². The third kappa shape index (κ3) is 5.06. The molecule has 1 atom stereocenters. The number of urea groups is 1. The first-order valence-corrected chi connectivity index (χ1v) is 11.0. The first kappa shape index (κ1) is 20.2. The number of para-hydroxylation sites is 2. The summed E-state index contributed by atoms with van der Waals surface area (Å²) in [6.07, 6.45) is 3.26. The Labute approximate surface area is 164 Å². The molecule has 0 aromatic heterocycles. The first-order chi connectivity index (χ1) is 13.3. The van der Waals surface area contributed by atoms with Gasteiger partial charge in [0.05, 0.1) is 6.26 Å². The van der Waals surface area contributed by atoms with Crippen molar-refractivity contribution in [3.05, 3.63) is 24.3 Å². The number of alkyl carbamates (subject to hydrolysis) is 1. The largest absolute Gasteiger partial charge is 0.486 e. The van der Waals surface area contributed by atoms with E-state index in [0.29, 0.717) is 24.3 Å². The van der Waals surface area contributed by atoms with Crippen LogP contribution in [0.1, 0.15) is 32.1 Å². The predicted molar refractivity (Wildman–Crippen MR) is 99.8 cm³/mol. The van der Waals surface area contributed by atoms with Crippen LogP contribution in [0.5, 0.6) is 11.5 Å². The fourth-order valence-corrected chi connectivity index (χ4v) is 4.49. The molecule has 1 aromatic carbocycles. The predicted octanol–water partition coefficient (Wildman–Crippen LogP) is 2.27. The van der Waals surface area contributed by atoms with Gasteiger partial charge in [0.2, 0.25) is 10.0 Å². The molecule has 3 rings (SSSR count). The second kappa shape index (κ2) is 8.68. The summed E-state index contributed by atoms with van der Waals surface area (Å²) < 4.78 is 41.1. The first-order valence-electron chi connectivity index (χ1n) is 9.20. The molecule has 28 heavy (non-hydrogen) atoms. The van der Waals surface area contributed by atoms with E-state index in [4.69, 9.17) is 14.2 Å². The number of ether oxygens (including phenoxy) is 3. The molecule has 0 saturated heterocycles. The summed E-state index contributed by atoms with van der Waals surface area (Å²) in [6.45, 7) is 0.0472. The summed E-state index contributed by atoms with van der Waals surface area (Å²) in [5.41, 5.74) is 0. The zero-order chi connectivity index (χ0) is 20.1. The molecule has 0 unspecified atom stereocenters. The highest BCUT2D eigenvalue weighted by atomic mass is 32.2. The Hall–Kier alpha value is -2.49. The molecule has 1 N–H and O–H groups in total. The van der Waals surface area contributed by atoms with Crippen molar-refractivity contribution in [2.45, 2.75) is 44.2 Å². The minimum absolute atomic E-state index is 0.143. The van der Waals surface area contributed by atoms with Gasteiger partial charge in [-0.15, -0.1) is 0 Å². The quantitative estimate of drug-likeness (QED) is 0.807. The van der Waals surface area contributed by atoms with Crippen LogP contribution in [-0.2, 0) is 14.8 Å². The minimum Gasteiger partial charge on any atom is -0.486 e. The molecule has 1 aliphatic carbocycles. The number of imide groups is 1. The third-order valence-electron chi connectivity index (χ3n) is 4.64. The normalized spacial score (nSPS) is 19.5. The Bertz CT molecular complexity index is 821. The number of amides is 3. The van der Waals surface area contributed by atoms with Gasteiger partial charge in [-0.2, -0.15) is 0 Å². The van der Waals surface area contributed by atoms with Crippen molar-refractivity contribution in [1.82, 2.24) is 9.62 Å². The second-order valence-electron chi connectivity index (χ2n) is 6.88. The van der Waals surface area contributed by atoms with E-state index in [0.717, 1.165) is 29.8 Å². The van der Waals surface area contributed by atoms with Crippen LogP contribution in [-0.4, -0.2) is 56.5 Å². The minimum atomic E-state index is -3.81. The Kier molecular flexibility index (Phi) is 6.28. The average Bonchev–Trinajstić information content (AvgIpc) is 2.66. The van der Waals surface area contributed by atoms with E-state index in [1.807, 2.05) is 11.4 Å². The Morgan fingerprint density at radius 1 is 1.18 bits per heavy atom. The monoisotopic (exact) mass is 412 g/mol. The molecule has 1 heterocycles. The van der Waals surface area contributed by atoms with Crippen molar-refractivity contribution in [2.75, 3.05) is 19.5 Å². The van der Waals surface area contributed by atoms with Crippen LogP contribution < -0.4 is 14.8 Å². The maximum Gasteiger partial charge on any atom is 0.415 e. The molecule has 10 heteroatoms. The standard InChI is InChI=1S/C18H24N2O7S/c1-28(23,24)20(13-7-3-2-4-8-13)17(21)19-18(22)26-12-14-11-25-15-9-5-6-10-16(15)27-14/h5-6,9-10,13-14H,2-4,7-8,11-12H2,1H3,(H,19,21,22)/t14-/m0/s1. The number of nitrogens with zero attached hydrogens (tertiary/aromatic N) is 1. The molecule has 1 saturated carbocycles. The van der Waals surface area contributed by atoms with Gasteiger partial charge in [-0.05, 0) is 25.0 Å². The van der Waals surface area contributed by atoms with Crippen molar-refractivity contribution in [2.24, 2.45) is 0 Å². The number of benzene rings is 1. The van der Waals surface area contributed by atoms with E-state index in [-0.39, 0.29) is 13.2 Å². The van der Waals surface area contributed by atoms with Crippen LogP contribution in [0.25, 0.3) is 0 Å². The van der Waals surface area contributed by atoms with Crippen molar-refractivity contribution in [1.29, 1.82) is 0 Å². The topological polar surface area (TPSA) is 111 Å². The molecule has 1 aromatic rings. The molecule has 1 aliphatic heterocycles. The van der Waals surface area contributed by atoms with Gasteiger partial charge in [-0.1, -0.05) is 31.4 Å². The van der Waals surface area contributed by atoms with E-state index in [9.17, 15) is 18.0 Å². The molecule has 9 nitrogen and oxygen atoms in total. The highest BCUT2D eigenvalue weighted by molar-refractivity contribution is 7.88. The molecule has 1 fully saturated rings. The molecule has 0 spiro atoms. The number of rotatable bonds is 4. The zero-order valence-electron chi connectivity index (χ0n) is 15.6. The van der Waals surface area contributed by atoms with Gasteiger partial charge >= 0.3 is 12.1 Å².